The third-order valence-electron chi connectivity index (χ3n) is 6.36. The van der Waals surface area contributed by atoms with E-state index in [1.54, 1.807) is 30.1 Å². The van der Waals surface area contributed by atoms with E-state index >= 15 is 0 Å². The molecule has 4 rings (SSSR count). The van der Waals surface area contributed by atoms with E-state index in [0.29, 0.717) is 12.1 Å². The summed E-state index contributed by atoms with van der Waals surface area (Å²) in [6, 6.07) is 12.7. The Bertz CT molecular complexity index is 1030. The molecular formula is C24H29FN2O3S. The minimum Gasteiger partial charge on any atom is -0.331 e. The third kappa shape index (κ3) is 4.99. The van der Waals surface area contributed by atoms with Crippen LogP contribution in [0, 0.1) is 5.82 Å². The fourth-order valence-electron chi connectivity index (χ4n) is 4.33. The van der Waals surface area contributed by atoms with Gasteiger partial charge in [-0.2, -0.15) is 4.31 Å². The first kappa shape index (κ1) is 22.0. The van der Waals surface area contributed by atoms with Crippen molar-refractivity contribution in [1.82, 2.24) is 9.21 Å². The number of sulfonamides is 1. The van der Waals surface area contributed by atoms with Gasteiger partial charge in [0.25, 0.3) is 5.91 Å². The highest BCUT2D eigenvalue weighted by molar-refractivity contribution is 7.89. The lowest BCUT2D eigenvalue weighted by atomic mass is 9.96. The van der Waals surface area contributed by atoms with Crippen LogP contribution in [0.25, 0.3) is 0 Å². The second-order valence-electron chi connectivity index (χ2n) is 8.63. The summed E-state index contributed by atoms with van der Waals surface area (Å²) in [5.41, 5.74) is 1.19. The Hall–Kier alpha value is -2.25. The van der Waals surface area contributed by atoms with E-state index in [9.17, 15) is 17.6 Å². The zero-order valence-corrected chi connectivity index (χ0v) is 18.7. The summed E-state index contributed by atoms with van der Waals surface area (Å²) in [6.07, 6.45) is 6.92. The summed E-state index contributed by atoms with van der Waals surface area (Å²) in [5, 5.41) is 0. The molecule has 7 heteroatoms. The molecule has 2 fully saturated rings. The van der Waals surface area contributed by atoms with E-state index in [1.807, 2.05) is 6.07 Å². The summed E-state index contributed by atoms with van der Waals surface area (Å²) < 4.78 is 41.1. The smallest absolute Gasteiger partial charge is 0.254 e. The molecule has 5 nitrogen and oxygen atoms in total. The third-order valence-corrected chi connectivity index (χ3v) is 8.28. The van der Waals surface area contributed by atoms with E-state index in [1.165, 1.54) is 28.6 Å². The molecule has 2 aliphatic carbocycles. The molecule has 0 saturated heterocycles. The predicted molar refractivity (Wildman–Crippen MR) is 118 cm³/mol. The molecule has 0 aliphatic heterocycles. The van der Waals surface area contributed by atoms with Crippen LogP contribution in [0.2, 0.25) is 0 Å². The highest BCUT2D eigenvalue weighted by atomic mass is 32.2. The van der Waals surface area contributed by atoms with Crippen molar-refractivity contribution in [3.63, 3.8) is 0 Å². The van der Waals surface area contributed by atoms with Gasteiger partial charge in [-0.05, 0) is 67.6 Å². The summed E-state index contributed by atoms with van der Waals surface area (Å²) in [7, 11) is -1.94. The number of carbonyl (C=O) groups excluding carboxylic acids is 1. The number of benzene rings is 2. The van der Waals surface area contributed by atoms with Gasteiger partial charge in [-0.15, -0.1) is 0 Å². The molecule has 166 valence electrons. The minimum atomic E-state index is -3.59. The van der Waals surface area contributed by atoms with Crippen molar-refractivity contribution >= 4 is 15.9 Å². The average Bonchev–Trinajstić information content (AvgIpc) is 3.62. The molecule has 0 N–H and O–H groups in total. The van der Waals surface area contributed by atoms with Gasteiger partial charge in [-0.3, -0.25) is 4.79 Å². The fourth-order valence-corrected chi connectivity index (χ4v) is 5.74. The van der Waals surface area contributed by atoms with E-state index in [-0.39, 0.29) is 28.7 Å². The standard InChI is InChI=1S/C24H29FN2O3S/c1-26(21-8-3-2-4-9-21)31(29,30)23-14-10-19(11-15-23)24(28)27(22-12-13-22)17-18-6-5-7-20(25)16-18/h5-7,10-11,14-16,21-22H,2-4,8-9,12-13,17H2,1H3. The van der Waals surface area contributed by atoms with Crippen molar-refractivity contribution in [3.8, 4) is 0 Å². The maximum absolute atomic E-state index is 13.5. The van der Waals surface area contributed by atoms with Gasteiger partial charge in [-0.1, -0.05) is 31.4 Å². The normalized spacial score (nSPS) is 17.6. The number of hydrogen-bond acceptors (Lipinski definition) is 3. The molecule has 0 aromatic heterocycles. The molecule has 2 saturated carbocycles. The van der Waals surface area contributed by atoms with Gasteiger partial charge in [0.1, 0.15) is 5.82 Å². The minimum absolute atomic E-state index is 0.0386. The number of amides is 1. The summed E-state index contributed by atoms with van der Waals surface area (Å²) in [5.74, 6) is -0.478. The SMILES string of the molecule is CN(C1CCCCC1)S(=O)(=O)c1ccc(C(=O)N(Cc2cccc(F)c2)C2CC2)cc1. The van der Waals surface area contributed by atoms with E-state index in [2.05, 4.69) is 0 Å². The monoisotopic (exact) mass is 444 g/mol. The van der Waals surface area contributed by atoms with E-state index in [4.69, 9.17) is 0 Å². The van der Waals surface area contributed by atoms with Gasteiger partial charge >= 0.3 is 0 Å². The van der Waals surface area contributed by atoms with E-state index in [0.717, 1.165) is 50.5 Å². The lowest BCUT2D eigenvalue weighted by molar-refractivity contribution is 0.0729. The molecule has 0 radical (unpaired) electrons. The first-order valence-corrected chi connectivity index (χ1v) is 12.4. The van der Waals surface area contributed by atoms with Gasteiger partial charge in [-0.25, -0.2) is 12.8 Å². The second-order valence-corrected chi connectivity index (χ2v) is 10.6. The topological polar surface area (TPSA) is 57.7 Å². The Labute approximate surface area is 183 Å². The maximum Gasteiger partial charge on any atom is 0.254 e. The number of nitrogens with zero attached hydrogens (tertiary/aromatic N) is 2. The molecular weight excluding hydrogens is 415 g/mol. The zero-order chi connectivity index (χ0) is 22.0. The van der Waals surface area contributed by atoms with Crippen LogP contribution >= 0.6 is 0 Å². The van der Waals surface area contributed by atoms with Crippen molar-refractivity contribution in [2.45, 2.75) is 68.5 Å². The predicted octanol–water partition coefficient (Wildman–Crippen LogP) is 4.58. The number of rotatable bonds is 7. The van der Waals surface area contributed by atoms with Crippen molar-refractivity contribution in [1.29, 1.82) is 0 Å². The van der Waals surface area contributed by atoms with Gasteiger partial charge in [0.05, 0.1) is 4.90 Å². The average molecular weight is 445 g/mol. The molecule has 0 heterocycles. The first-order chi connectivity index (χ1) is 14.9. The van der Waals surface area contributed by atoms with Crippen LogP contribution in [0.1, 0.15) is 60.9 Å². The van der Waals surface area contributed by atoms with E-state index < -0.39 is 10.0 Å². The Kier molecular flexibility index (Phi) is 6.44. The van der Waals surface area contributed by atoms with Crippen LogP contribution < -0.4 is 0 Å². The van der Waals surface area contributed by atoms with Crippen molar-refractivity contribution in [3.05, 3.63) is 65.5 Å². The largest absolute Gasteiger partial charge is 0.331 e. The van der Waals surface area contributed by atoms with Crippen LogP contribution in [0.3, 0.4) is 0 Å². The Morgan fingerprint density at radius 3 is 2.26 bits per heavy atom. The Balaban J connectivity index is 1.50. The fraction of sp³-hybridized carbons (Fsp3) is 0.458. The zero-order valence-electron chi connectivity index (χ0n) is 17.8. The molecule has 31 heavy (non-hydrogen) atoms. The van der Waals surface area contributed by atoms with Crippen molar-refractivity contribution in [2.75, 3.05) is 7.05 Å². The summed E-state index contributed by atoms with van der Waals surface area (Å²) in [6.45, 7) is 0.339. The lowest BCUT2D eigenvalue weighted by Crippen LogP contribution is -2.38. The molecule has 0 unspecified atom stereocenters. The van der Waals surface area contributed by atoms with Crippen LogP contribution in [0.5, 0.6) is 0 Å². The Morgan fingerprint density at radius 2 is 1.65 bits per heavy atom. The lowest BCUT2D eigenvalue weighted by Gasteiger charge is -2.30. The van der Waals surface area contributed by atoms with Gasteiger partial charge in [0.2, 0.25) is 10.0 Å². The van der Waals surface area contributed by atoms with Crippen LogP contribution in [0.15, 0.2) is 53.4 Å². The molecule has 2 aromatic rings. The van der Waals surface area contributed by atoms with Crippen LogP contribution in [-0.2, 0) is 16.6 Å². The highest BCUT2D eigenvalue weighted by Crippen LogP contribution is 2.31. The highest BCUT2D eigenvalue weighted by Gasteiger charge is 2.34. The molecule has 0 bridgehead atoms. The molecule has 1 amide bonds. The summed E-state index contributed by atoms with van der Waals surface area (Å²) in [4.78, 5) is 15.1. The molecule has 2 aliphatic rings. The molecule has 0 atom stereocenters. The van der Waals surface area contributed by atoms with Crippen molar-refractivity contribution in [2.24, 2.45) is 0 Å². The van der Waals surface area contributed by atoms with Crippen LogP contribution in [0.4, 0.5) is 4.39 Å². The van der Waals surface area contributed by atoms with Crippen LogP contribution in [-0.4, -0.2) is 42.7 Å². The van der Waals surface area contributed by atoms with Crippen molar-refractivity contribution < 1.29 is 17.6 Å². The maximum atomic E-state index is 13.5. The number of carbonyl (C=O) groups is 1. The molecule has 0 spiro atoms. The second kappa shape index (κ2) is 9.09. The van der Waals surface area contributed by atoms with Gasteiger partial charge in [0.15, 0.2) is 0 Å². The van der Waals surface area contributed by atoms with Gasteiger partial charge < -0.3 is 4.90 Å². The Morgan fingerprint density at radius 1 is 0.968 bits per heavy atom. The quantitative estimate of drug-likeness (QED) is 0.628. The first-order valence-electron chi connectivity index (χ1n) is 11.0. The van der Waals surface area contributed by atoms with Gasteiger partial charge in [0, 0.05) is 31.2 Å². The number of halogens is 1. The molecule has 2 aromatic carbocycles. The number of hydrogen-bond donors (Lipinski definition) is 0. The summed E-state index contributed by atoms with van der Waals surface area (Å²) >= 11 is 0.